The zero-order chi connectivity index (χ0) is 12.0. The van der Waals surface area contributed by atoms with Crippen LogP contribution in [-0.2, 0) is 0 Å². The molecule has 0 bridgehead atoms. The van der Waals surface area contributed by atoms with Crippen molar-refractivity contribution >= 4 is 5.78 Å². The van der Waals surface area contributed by atoms with Crippen molar-refractivity contribution in [2.75, 3.05) is 0 Å². The minimum Gasteiger partial charge on any atom is -0.508 e. The molecule has 0 aromatic heterocycles. The molecule has 0 radical (unpaired) electrons. The predicted octanol–water partition coefficient (Wildman–Crippen LogP) is 2.48. The van der Waals surface area contributed by atoms with E-state index in [9.17, 15) is 9.90 Å². The smallest absolute Gasteiger partial charge is 0.194 e. The summed E-state index contributed by atoms with van der Waals surface area (Å²) in [6.07, 6.45) is 0. The van der Waals surface area contributed by atoms with Gasteiger partial charge in [-0.25, -0.2) is 0 Å². The van der Waals surface area contributed by atoms with Crippen molar-refractivity contribution in [1.82, 2.24) is 0 Å². The SMILES string of the molecule is N#Cc1cccc2c1-c1cc(O)ccc1C2=O. The molecule has 0 spiro atoms. The molecule has 0 saturated carbocycles. The Labute approximate surface area is 97.6 Å². The van der Waals surface area contributed by atoms with Crippen molar-refractivity contribution in [1.29, 1.82) is 5.26 Å². The Morgan fingerprint density at radius 1 is 1.06 bits per heavy atom. The molecule has 0 heterocycles. The van der Waals surface area contributed by atoms with E-state index in [1.807, 2.05) is 0 Å². The van der Waals surface area contributed by atoms with Gasteiger partial charge in [-0.1, -0.05) is 12.1 Å². The van der Waals surface area contributed by atoms with E-state index in [2.05, 4.69) is 6.07 Å². The fourth-order valence-electron chi connectivity index (χ4n) is 2.21. The van der Waals surface area contributed by atoms with Gasteiger partial charge in [-0.15, -0.1) is 0 Å². The minimum absolute atomic E-state index is 0.0906. The predicted molar refractivity (Wildman–Crippen MR) is 61.7 cm³/mol. The summed E-state index contributed by atoms with van der Waals surface area (Å²) in [6.45, 7) is 0. The maximum absolute atomic E-state index is 12.1. The summed E-state index contributed by atoms with van der Waals surface area (Å²) in [6, 6.07) is 11.7. The van der Waals surface area contributed by atoms with Crippen LogP contribution in [0.5, 0.6) is 5.75 Å². The first-order valence-corrected chi connectivity index (χ1v) is 5.13. The molecule has 0 amide bonds. The molecule has 0 saturated heterocycles. The highest BCUT2D eigenvalue weighted by Gasteiger charge is 2.28. The molecule has 3 rings (SSSR count). The van der Waals surface area contributed by atoms with Gasteiger partial charge in [0.2, 0.25) is 0 Å². The number of phenolic OH excluding ortho intramolecular Hbond substituents is 1. The summed E-state index contributed by atoms with van der Waals surface area (Å²) < 4.78 is 0. The van der Waals surface area contributed by atoms with Gasteiger partial charge in [0.25, 0.3) is 0 Å². The molecule has 17 heavy (non-hydrogen) atoms. The Morgan fingerprint density at radius 2 is 1.88 bits per heavy atom. The lowest BCUT2D eigenvalue weighted by atomic mass is 10.0. The quantitative estimate of drug-likeness (QED) is 0.634. The Morgan fingerprint density at radius 3 is 2.65 bits per heavy atom. The normalized spacial score (nSPS) is 11.8. The number of hydrogen-bond acceptors (Lipinski definition) is 3. The third-order valence-corrected chi connectivity index (χ3v) is 2.95. The van der Waals surface area contributed by atoms with Gasteiger partial charge in [0.1, 0.15) is 5.75 Å². The fourth-order valence-corrected chi connectivity index (χ4v) is 2.21. The highest BCUT2D eigenvalue weighted by atomic mass is 16.3. The number of phenols is 1. The fraction of sp³-hybridized carbons (Fsp3) is 0. The molecule has 1 aliphatic rings. The summed E-state index contributed by atoms with van der Waals surface area (Å²) in [7, 11) is 0. The van der Waals surface area contributed by atoms with Crippen molar-refractivity contribution in [3.63, 3.8) is 0 Å². The molecule has 0 fully saturated rings. The molecular weight excluding hydrogens is 214 g/mol. The number of aromatic hydroxyl groups is 1. The summed E-state index contributed by atoms with van der Waals surface area (Å²) in [5.41, 5.74) is 2.80. The van der Waals surface area contributed by atoms with Crippen LogP contribution < -0.4 is 0 Å². The topological polar surface area (TPSA) is 61.1 Å². The number of carbonyl (C=O) groups excluding carboxylic acids is 1. The second kappa shape index (κ2) is 3.19. The second-order valence-corrected chi connectivity index (χ2v) is 3.90. The molecule has 80 valence electrons. The number of nitrogens with zero attached hydrogens (tertiary/aromatic N) is 1. The van der Waals surface area contributed by atoms with Gasteiger partial charge in [0, 0.05) is 16.7 Å². The number of carbonyl (C=O) groups is 1. The van der Waals surface area contributed by atoms with Crippen molar-refractivity contribution < 1.29 is 9.90 Å². The molecular formula is C14H7NO2. The molecule has 1 N–H and O–H groups in total. The van der Waals surface area contributed by atoms with E-state index in [4.69, 9.17) is 5.26 Å². The van der Waals surface area contributed by atoms with Crippen LogP contribution in [0.1, 0.15) is 21.5 Å². The van der Waals surface area contributed by atoms with Gasteiger partial charge in [-0.05, 0) is 29.8 Å². The molecule has 2 aromatic carbocycles. The van der Waals surface area contributed by atoms with E-state index >= 15 is 0 Å². The van der Waals surface area contributed by atoms with Gasteiger partial charge in [0.15, 0.2) is 5.78 Å². The van der Waals surface area contributed by atoms with E-state index in [0.717, 1.165) is 0 Å². The maximum Gasteiger partial charge on any atom is 0.194 e. The number of fused-ring (bicyclic) bond motifs is 3. The van der Waals surface area contributed by atoms with Crippen LogP contribution in [0, 0.1) is 11.3 Å². The molecule has 3 heteroatoms. The Hall–Kier alpha value is -2.60. The van der Waals surface area contributed by atoms with E-state index in [-0.39, 0.29) is 11.5 Å². The maximum atomic E-state index is 12.1. The molecule has 3 nitrogen and oxygen atoms in total. The van der Waals surface area contributed by atoms with Crippen molar-refractivity contribution in [3.05, 3.63) is 53.1 Å². The van der Waals surface area contributed by atoms with Crippen LogP contribution >= 0.6 is 0 Å². The summed E-state index contributed by atoms with van der Waals surface area (Å²) in [4.78, 5) is 12.1. The number of rotatable bonds is 0. The van der Waals surface area contributed by atoms with Crippen molar-refractivity contribution in [3.8, 4) is 22.9 Å². The van der Waals surface area contributed by atoms with E-state index in [1.165, 1.54) is 12.1 Å². The van der Waals surface area contributed by atoms with Gasteiger partial charge in [-0.3, -0.25) is 4.79 Å². The highest BCUT2D eigenvalue weighted by molar-refractivity contribution is 6.22. The number of hydrogen-bond donors (Lipinski definition) is 1. The monoisotopic (exact) mass is 221 g/mol. The highest BCUT2D eigenvalue weighted by Crippen LogP contribution is 2.40. The van der Waals surface area contributed by atoms with E-state index in [0.29, 0.717) is 27.8 Å². The largest absolute Gasteiger partial charge is 0.508 e. The van der Waals surface area contributed by atoms with Gasteiger partial charge in [0.05, 0.1) is 11.6 Å². The van der Waals surface area contributed by atoms with Gasteiger partial charge >= 0.3 is 0 Å². The second-order valence-electron chi connectivity index (χ2n) is 3.90. The average molecular weight is 221 g/mol. The van der Waals surface area contributed by atoms with E-state index in [1.54, 1.807) is 24.3 Å². The van der Waals surface area contributed by atoms with Crippen LogP contribution in [0.2, 0.25) is 0 Å². The third kappa shape index (κ3) is 1.18. The van der Waals surface area contributed by atoms with Crippen LogP contribution in [-0.4, -0.2) is 10.9 Å². The number of ketones is 1. The molecule has 0 atom stereocenters. The average Bonchev–Trinajstić information content (AvgIpc) is 2.63. The summed E-state index contributed by atoms with van der Waals surface area (Å²) >= 11 is 0. The molecule has 1 aliphatic carbocycles. The van der Waals surface area contributed by atoms with E-state index < -0.39 is 0 Å². The summed E-state index contributed by atoms with van der Waals surface area (Å²) in [5.74, 6) is 0.00393. The Bertz CT molecular complexity index is 696. The van der Waals surface area contributed by atoms with Crippen LogP contribution in [0.15, 0.2) is 36.4 Å². The Balaban J connectivity index is 2.44. The molecule has 0 unspecified atom stereocenters. The zero-order valence-corrected chi connectivity index (χ0v) is 8.77. The first-order chi connectivity index (χ1) is 8.22. The minimum atomic E-state index is -0.0906. The van der Waals surface area contributed by atoms with Gasteiger partial charge < -0.3 is 5.11 Å². The third-order valence-electron chi connectivity index (χ3n) is 2.95. The lowest BCUT2D eigenvalue weighted by Gasteiger charge is -2.02. The lowest BCUT2D eigenvalue weighted by Crippen LogP contribution is -1.94. The van der Waals surface area contributed by atoms with Crippen LogP contribution in [0.25, 0.3) is 11.1 Å². The first kappa shape index (κ1) is 9.61. The first-order valence-electron chi connectivity index (χ1n) is 5.13. The van der Waals surface area contributed by atoms with Crippen LogP contribution in [0.4, 0.5) is 0 Å². The zero-order valence-electron chi connectivity index (χ0n) is 8.77. The number of nitriles is 1. The standard InChI is InChI=1S/C14H7NO2/c15-7-8-2-1-3-11-13(8)12-6-9(16)4-5-10(12)14(11)17/h1-6,16H. The van der Waals surface area contributed by atoms with Gasteiger partial charge in [-0.2, -0.15) is 5.26 Å². The number of benzene rings is 2. The summed E-state index contributed by atoms with van der Waals surface area (Å²) in [5, 5.41) is 18.5. The van der Waals surface area contributed by atoms with Crippen molar-refractivity contribution in [2.24, 2.45) is 0 Å². The van der Waals surface area contributed by atoms with Crippen LogP contribution in [0.3, 0.4) is 0 Å². The molecule has 2 aromatic rings. The van der Waals surface area contributed by atoms with Crippen molar-refractivity contribution in [2.45, 2.75) is 0 Å². The Kier molecular flexibility index (Phi) is 1.81. The lowest BCUT2D eigenvalue weighted by molar-refractivity contribution is 0.104. The molecule has 0 aliphatic heterocycles.